The number of thiophene rings is 1. The number of likely N-dealkylation sites (tertiary alicyclic amines) is 1. The summed E-state index contributed by atoms with van der Waals surface area (Å²) in [5.41, 5.74) is 6.76. The van der Waals surface area contributed by atoms with Gasteiger partial charge in [-0.1, -0.05) is 0 Å². The number of anilines is 1. The van der Waals surface area contributed by atoms with E-state index in [0.717, 1.165) is 5.56 Å². The first-order valence-corrected chi connectivity index (χ1v) is 6.94. The van der Waals surface area contributed by atoms with Crippen LogP contribution in [0.15, 0.2) is 5.38 Å². The highest BCUT2D eigenvalue weighted by atomic mass is 32.1. The number of carbonyl (C=O) groups is 1. The van der Waals surface area contributed by atoms with E-state index in [-0.39, 0.29) is 12.0 Å². The molecule has 2 heterocycles. The Morgan fingerprint density at radius 3 is 2.74 bits per heavy atom. The van der Waals surface area contributed by atoms with Crippen molar-refractivity contribution in [2.45, 2.75) is 32.3 Å². The third-order valence-corrected chi connectivity index (χ3v) is 3.76. The van der Waals surface area contributed by atoms with E-state index in [2.05, 4.69) is 6.07 Å². The van der Waals surface area contributed by atoms with Crippen LogP contribution in [-0.4, -0.2) is 29.7 Å². The minimum atomic E-state index is -0.479. The molecule has 0 radical (unpaired) electrons. The Bertz CT molecular complexity index is 533. The van der Waals surface area contributed by atoms with E-state index in [1.807, 2.05) is 26.2 Å². The average molecular weight is 279 g/mol. The Morgan fingerprint density at radius 2 is 2.21 bits per heavy atom. The Morgan fingerprint density at radius 1 is 1.58 bits per heavy atom. The van der Waals surface area contributed by atoms with Crippen molar-refractivity contribution in [2.24, 2.45) is 0 Å². The molecule has 0 unspecified atom stereocenters. The maximum atomic E-state index is 11.8. The lowest BCUT2D eigenvalue weighted by Crippen LogP contribution is -2.50. The van der Waals surface area contributed by atoms with E-state index in [0.29, 0.717) is 23.7 Å². The normalized spacial score (nSPS) is 15.8. The molecule has 1 aromatic heterocycles. The van der Waals surface area contributed by atoms with Crippen LogP contribution < -0.4 is 5.73 Å². The second kappa shape index (κ2) is 4.74. The molecule has 1 amide bonds. The zero-order valence-electron chi connectivity index (χ0n) is 11.3. The highest BCUT2D eigenvalue weighted by Crippen LogP contribution is 2.35. The Labute approximate surface area is 116 Å². The van der Waals surface area contributed by atoms with Gasteiger partial charge in [0.2, 0.25) is 0 Å². The molecule has 1 aromatic rings. The van der Waals surface area contributed by atoms with Crippen molar-refractivity contribution in [3.8, 4) is 6.07 Å². The maximum Gasteiger partial charge on any atom is 0.410 e. The summed E-state index contributed by atoms with van der Waals surface area (Å²) in [4.78, 5) is 13.4. The summed E-state index contributed by atoms with van der Waals surface area (Å²) in [5, 5.41) is 11.5. The number of nitrogens with two attached hydrogens (primary N) is 1. The fourth-order valence-electron chi connectivity index (χ4n) is 1.96. The van der Waals surface area contributed by atoms with E-state index < -0.39 is 5.60 Å². The van der Waals surface area contributed by atoms with Crippen LogP contribution in [0, 0.1) is 11.3 Å². The van der Waals surface area contributed by atoms with Gasteiger partial charge in [0.1, 0.15) is 16.7 Å². The maximum absolute atomic E-state index is 11.8. The molecule has 1 aliphatic rings. The average Bonchev–Trinajstić information content (AvgIpc) is 2.54. The molecule has 0 bridgehead atoms. The van der Waals surface area contributed by atoms with Gasteiger partial charge < -0.3 is 15.4 Å². The van der Waals surface area contributed by atoms with Gasteiger partial charge in [-0.25, -0.2) is 4.79 Å². The number of carbonyl (C=O) groups excluding carboxylic acids is 1. The summed E-state index contributed by atoms with van der Waals surface area (Å²) >= 11 is 1.37. The fraction of sp³-hybridized carbons (Fsp3) is 0.538. The molecule has 0 saturated carbocycles. The van der Waals surface area contributed by atoms with Crippen molar-refractivity contribution in [1.82, 2.24) is 4.90 Å². The first-order chi connectivity index (χ1) is 8.81. The van der Waals surface area contributed by atoms with Gasteiger partial charge >= 0.3 is 6.09 Å². The first-order valence-electron chi connectivity index (χ1n) is 6.06. The van der Waals surface area contributed by atoms with Crippen molar-refractivity contribution in [3.63, 3.8) is 0 Å². The zero-order chi connectivity index (χ0) is 14.2. The van der Waals surface area contributed by atoms with Crippen LogP contribution in [0.1, 0.15) is 37.8 Å². The Hall–Kier alpha value is -1.74. The SMILES string of the molecule is CC(C)(C)OC(=O)N1CC(c2csc(N)c2C#N)C1. The molecule has 1 saturated heterocycles. The number of hydrogen-bond donors (Lipinski definition) is 1. The quantitative estimate of drug-likeness (QED) is 0.856. The van der Waals surface area contributed by atoms with Crippen molar-refractivity contribution in [1.29, 1.82) is 5.26 Å². The number of nitriles is 1. The molecule has 1 fully saturated rings. The molecule has 1 aliphatic heterocycles. The number of rotatable bonds is 1. The van der Waals surface area contributed by atoms with Gasteiger partial charge in [-0.3, -0.25) is 0 Å². The minimum absolute atomic E-state index is 0.190. The van der Waals surface area contributed by atoms with Gasteiger partial charge in [-0.05, 0) is 31.7 Å². The summed E-state index contributed by atoms with van der Waals surface area (Å²) in [6, 6.07) is 2.13. The van der Waals surface area contributed by atoms with E-state index in [1.165, 1.54) is 11.3 Å². The van der Waals surface area contributed by atoms with Gasteiger partial charge in [0.15, 0.2) is 0 Å². The van der Waals surface area contributed by atoms with Crippen LogP contribution in [0.2, 0.25) is 0 Å². The minimum Gasteiger partial charge on any atom is -0.444 e. The highest BCUT2D eigenvalue weighted by molar-refractivity contribution is 7.14. The molecular formula is C13H17N3O2S. The molecule has 2 rings (SSSR count). The molecule has 102 valence electrons. The predicted octanol–water partition coefficient (Wildman–Crippen LogP) is 2.54. The van der Waals surface area contributed by atoms with Gasteiger partial charge in [0.25, 0.3) is 0 Å². The fourth-order valence-corrected chi connectivity index (χ4v) is 2.80. The van der Waals surface area contributed by atoms with E-state index in [1.54, 1.807) is 4.90 Å². The van der Waals surface area contributed by atoms with Crippen LogP contribution in [0.3, 0.4) is 0 Å². The predicted molar refractivity (Wildman–Crippen MR) is 74.0 cm³/mol. The van der Waals surface area contributed by atoms with E-state index in [9.17, 15) is 4.79 Å². The number of nitrogens with zero attached hydrogens (tertiary/aromatic N) is 2. The summed E-state index contributed by atoms with van der Waals surface area (Å²) in [6.07, 6.45) is -0.301. The van der Waals surface area contributed by atoms with Crippen molar-refractivity contribution in [2.75, 3.05) is 18.8 Å². The number of ether oxygens (including phenoxy) is 1. The number of nitrogen functional groups attached to an aromatic ring is 1. The third-order valence-electron chi connectivity index (χ3n) is 2.93. The summed E-state index contributed by atoms with van der Waals surface area (Å²) in [7, 11) is 0. The third kappa shape index (κ3) is 2.82. The van der Waals surface area contributed by atoms with Crippen LogP contribution in [0.25, 0.3) is 0 Å². The molecule has 0 atom stereocenters. The second-order valence-electron chi connectivity index (χ2n) is 5.62. The zero-order valence-corrected chi connectivity index (χ0v) is 12.1. The van der Waals surface area contributed by atoms with Gasteiger partial charge in [-0.2, -0.15) is 5.26 Å². The Kier molecular flexibility index (Phi) is 3.42. The molecule has 0 spiro atoms. The lowest BCUT2D eigenvalue weighted by molar-refractivity contribution is 0.00821. The van der Waals surface area contributed by atoms with Crippen LogP contribution >= 0.6 is 11.3 Å². The molecule has 5 nitrogen and oxygen atoms in total. The lowest BCUT2D eigenvalue weighted by atomic mass is 9.91. The van der Waals surface area contributed by atoms with Gasteiger partial charge in [0, 0.05) is 19.0 Å². The number of amides is 1. The molecule has 2 N–H and O–H groups in total. The summed E-state index contributed by atoms with van der Waals surface area (Å²) < 4.78 is 5.29. The monoisotopic (exact) mass is 279 g/mol. The molecule has 0 aliphatic carbocycles. The van der Waals surface area contributed by atoms with E-state index in [4.69, 9.17) is 15.7 Å². The summed E-state index contributed by atoms with van der Waals surface area (Å²) in [5.74, 6) is 0.190. The molecule has 19 heavy (non-hydrogen) atoms. The number of hydrogen-bond acceptors (Lipinski definition) is 5. The summed E-state index contributed by atoms with van der Waals surface area (Å²) in [6.45, 7) is 6.69. The lowest BCUT2D eigenvalue weighted by Gasteiger charge is -2.39. The van der Waals surface area contributed by atoms with Crippen molar-refractivity contribution < 1.29 is 9.53 Å². The first kappa shape index (κ1) is 13.7. The molecule has 6 heteroatoms. The topological polar surface area (TPSA) is 79.3 Å². The van der Waals surface area contributed by atoms with Crippen molar-refractivity contribution in [3.05, 3.63) is 16.5 Å². The van der Waals surface area contributed by atoms with Crippen LogP contribution in [0.5, 0.6) is 0 Å². The van der Waals surface area contributed by atoms with Crippen LogP contribution in [-0.2, 0) is 4.74 Å². The van der Waals surface area contributed by atoms with Crippen LogP contribution in [0.4, 0.5) is 9.80 Å². The Balaban J connectivity index is 1.97. The standard InChI is InChI=1S/C13H17N3O2S/c1-13(2,3)18-12(17)16-5-8(6-16)10-7-19-11(15)9(10)4-14/h7-8H,5-6,15H2,1-3H3. The largest absolute Gasteiger partial charge is 0.444 e. The smallest absolute Gasteiger partial charge is 0.410 e. The van der Waals surface area contributed by atoms with Gasteiger partial charge in [-0.15, -0.1) is 11.3 Å². The van der Waals surface area contributed by atoms with E-state index >= 15 is 0 Å². The second-order valence-corrected chi connectivity index (χ2v) is 6.54. The van der Waals surface area contributed by atoms with Gasteiger partial charge in [0.05, 0.1) is 5.56 Å². The van der Waals surface area contributed by atoms with Crippen molar-refractivity contribution >= 4 is 22.4 Å². The molecular weight excluding hydrogens is 262 g/mol. The molecule has 0 aromatic carbocycles. The highest BCUT2D eigenvalue weighted by Gasteiger charge is 2.36.